The van der Waals surface area contributed by atoms with E-state index in [1.54, 1.807) is 25.1 Å². The Balaban J connectivity index is 2.36. The van der Waals surface area contributed by atoms with Gasteiger partial charge >= 0.3 is 5.97 Å². The van der Waals surface area contributed by atoms with Crippen LogP contribution in [0.2, 0.25) is 0 Å². The number of hydrogen-bond acceptors (Lipinski definition) is 4. The zero-order valence-electron chi connectivity index (χ0n) is 10.1. The normalized spacial score (nSPS) is 9.68. The average molecular weight is 254 g/mol. The van der Waals surface area contributed by atoms with E-state index in [9.17, 15) is 4.79 Å². The quantitative estimate of drug-likeness (QED) is 0.910. The number of rotatable bonds is 3. The van der Waals surface area contributed by atoms with Crippen LogP contribution in [0, 0.1) is 18.3 Å². The Morgan fingerprint density at radius 2 is 2.21 bits per heavy atom. The van der Waals surface area contributed by atoms with Crippen molar-refractivity contribution >= 4 is 5.97 Å². The van der Waals surface area contributed by atoms with E-state index in [0.717, 1.165) is 0 Å². The summed E-state index contributed by atoms with van der Waals surface area (Å²) in [5.74, 6) is -0.123. The van der Waals surface area contributed by atoms with Crippen molar-refractivity contribution in [3.8, 4) is 17.6 Å². The Kier molecular flexibility index (Phi) is 3.44. The van der Waals surface area contributed by atoms with Crippen LogP contribution < -0.4 is 4.74 Å². The van der Waals surface area contributed by atoms with Crippen LogP contribution in [0.5, 0.6) is 11.5 Å². The molecule has 1 N–H and O–H groups in total. The highest BCUT2D eigenvalue weighted by Gasteiger charge is 2.11. The predicted molar refractivity (Wildman–Crippen MR) is 67.2 cm³/mol. The van der Waals surface area contributed by atoms with Crippen molar-refractivity contribution < 1.29 is 14.6 Å². The maximum absolute atomic E-state index is 11.0. The number of ether oxygens (including phenoxy) is 1. The molecule has 1 aromatic carbocycles. The summed E-state index contributed by atoms with van der Waals surface area (Å²) in [5, 5.41) is 17.8. The average Bonchev–Trinajstić information content (AvgIpc) is 2.41. The topological polar surface area (TPSA) is 83.2 Å². The smallest absolute Gasteiger partial charge is 0.336 e. The number of benzene rings is 1. The molecule has 0 spiro atoms. The summed E-state index contributed by atoms with van der Waals surface area (Å²) >= 11 is 0. The minimum absolute atomic E-state index is 0.187. The molecule has 0 radical (unpaired) electrons. The van der Waals surface area contributed by atoms with Crippen molar-refractivity contribution in [2.45, 2.75) is 6.92 Å². The van der Waals surface area contributed by atoms with Crippen molar-refractivity contribution in [2.75, 3.05) is 0 Å². The van der Waals surface area contributed by atoms with E-state index in [0.29, 0.717) is 17.1 Å². The van der Waals surface area contributed by atoms with Gasteiger partial charge in [-0.1, -0.05) is 6.07 Å². The van der Waals surface area contributed by atoms with Crippen LogP contribution in [-0.4, -0.2) is 16.1 Å². The molecule has 0 saturated carbocycles. The first kappa shape index (κ1) is 12.6. The molecule has 5 nitrogen and oxygen atoms in total. The van der Waals surface area contributed by atoms with Crippen LogP contribution in [0.25, 0.3) is 0 Å². The third kappa shape index (κ3) is 2.69. The van der Waals surface area contributed by atoms with E-state index in [1.165, 1.54) is 18.3 Å². The first-order valence-corrected chi connectivity index (χ1v) is 5.48. The molecule has 0 aliphatic heterocycles. The standard InChI is InChI=1S/C14H10N2O3/c1-9-12(14(17)18)3-2-4-13(9)19-11-5-6-16-10(7-11)8-15/h2-7H,1H3,(H,17,18). The highest BCUT2D eigenvalue weighted by atomic mass is 16.5. The molecule has 0 saturated heterocycles. The molecule has 2 rings (SSSR count). The van der Waals surface area contributed by atoms with Crippen LogP contribution >= 0.6 is 0 Å². The van der Waals surface area contributed by atoms with Crippen LogP contribution in [0.1, 0.15) is 21.6 Å². The molecule has 2 aromatic rings. The van der Waals surface area contributed by atoms with Gasteiger partial charge in [0.2, 0.25) is 0 Å². The fraction of sp³-hybridized carbons (Fsp3) is 0.0714. The first-order valence-electron chi connectivity index (χ1n) is 5.48. The number of carboxylic acids is 1. The van der Waals surface area contributed by atoms with Crippen LogP contribution in [0.15, 0.2) is 36.5 Å². The number of pyridine rings is 1. The second kappa shape index (κ2) is 5.19. The third-order valence-electron chi connectivity index (χ3n) is 2.59. The minimum Gasteiger partial charge on any atom is -0.478 e. The summed E-state index contributed by atoms with van der Waals surface area (Å²) in [4.78, 5) is 14.9. The molecule has 0 bridgehead atoms. The molecule has 5 heteroatoms. The van der Waals surface area contributed by atoms with Crippen molar-refractivity contribution in [2.24, 2.45) is 0 Å². The van der Waals surface area contributed by atoms with E-state index in [1.807, 2.05) is 6.07 Å². The van der Waals surface area contributed by atoms with Crippen molar-refractivity contribution in [3.63, 3.8) is 0 Å². The lowest BCUT2D eigenvalue weighted by atomic mass is 10.1. The lowest BCUT2D eigenvalue weighted by Crippen LogP contribution is -2.01. The maximum Gasteiger partial charge on any atom is 0.336 e. The number of nitriles is 1. The van der Waals surface area contributed by atoms with Gasteiger partial charge in [0.25, 0.3) is 0 Å². The van der Waals surface area contributed by atoms with E-state index in [-0.39, 0.29) is 11.3 Å². The van der Waals surface area contributed by atoms with Gasteiger partial charge in [-0.25, -0.2) is 9.78 Å². The van der Waals surface area contributed by atoms with Gasteiger partial charge in [-0.05, 0) is 25.1 Å². The zero-order valence-corrected chi connectivity index (χ0v) is 10.1. The highest BCUT2D eigenvalue weighted by molar-refractivity contribution is 5.90. The molecule has 94 valence electrons. The van der Waals surface area contributed by atoms with E-state index in [2.05, 4.69) is 4.98 Å². The summed E-state index contributed by atoms with van der Waals surface area (Å²) in [7, 11) is 0. The molecule has 0 atom stereocenters. The van der Waals surface area contributed by atoms with Crippen molar-refractivity contribution in [1.82, 2.24) is 4.98 Å². The molecular weight excluding hydrogens is 244 g/mol. The van der Waals surface area contributed by atoms with E-state index in [4.69, 9.17) is 15.1 Å². The van der Waals surface area contributed by atoms with Crippen LogP contribution in [0.4, 0.5) is 0 Å². The third-order valence-corrected chi connectivity index (χ3v) is 2.59. The summed E-state index contributed by atoms with van der Waals surface area (Å²) in [6.45, 7) is 1.67. The summed E-state index contributed by atoms with van der Waals surface area (Å²) in [6.07, 6.45) is 1.46. The lowest BCUT2D eigenvalue weighted by molar-refractivity contribution is 0.0695. The number of hydrogen-bond donors (Lipinski definition) is 1. The number of aromatic carboxylic acids is 1. The predicted octanol–water partition coefficient (Wildman–Crippen LogP) is 2.75. The second-order valence-corrected chi connectivity index (χ2v) is 3.82. The number of aromatic nitrogens is 1. The van der Waals surface area contributed by atoms with Gasteiger partial charge in [0.1, 0.15) is 23.3 Å². The van der Waals surface area contributed by atoms with Gasteiger partial charge in [0.05, 0.1) is 5.56 Å². The summed E-state index contributed by atoms with van der Waals surface area (Å²) in [5.41, 5.74) is 0.960. The number of nitrogens with zero attached hydrogens (tertiary/aromatic N) is 2. The van der Waals surface area contributed by atoms with Gasteiger partial charge in [-0.2, -0.15) is 5.26 Å². The van der Waals surface area contributed by atoms with Gasteiger partial charge < -0.3 is 9.84 Å². The van der Waals surface area contributed by atoms with E-state index >= 15 is 0 Å². The SMILES string of the molecule is Cc1c(Oc2ccnc(C#N)c2)cccc1C(=O)O. The molecule has 19 heavy (non-hydrogen) atoms. The van der Waals surface area contributed by atoms with Crippen molar-refractivity contribution in [1.29, 1.82) is 5.26 Å². The van der Waals surface area contributed by atoms with Crippen LogP contribution in [-0.2, 0) is 0 Å². The summed E-state index contributed by atoms with van der Waals surface area (Å²) < 4.78 is 5.59. The van der Waals surface area contributed by atoms with Crippen molar-refractivity contribution in [3.05, 3.63) is 53.3 Å². The van der Waals surface area contributed by atoms with E-state index < -0.39 is 5.97 Å². The first-order chi connectivity index (χ1) is 9.11. The maximum atomic E-state index is 11.0. The Bertz CT molecular complexity index is 675. The number of carbonyl (C=O) groups is 1. The van der Waals surface area contributed by atoms with Gasteiger partial charge in [-0.3, -0.25) is 0 Å². The fourth-order valence-corrected chi connectivity index (χ4v) is 1.62. The summed E-state index contributed by atoms with van der Waals surface area (Å²) in [6, 6.07) is 9.81. The Morgan fingerprint density at radius 1 is 1.42 bits per heavy atom. The molecule has 0 amide bonds. The van der Waals surface area contributed by atoms with Gasteiger partial charge in [0, 0.05) is 17.8 Å². The number of carboxylic acid groups (broad SMARTS) is 1. The largest absolute Gasteiger partial charge is 0.478 e. The fourth-order valence-electron chi connectivity index (χ4n) is 1.62. The zero-order chi connectivity index (χ0) is 13.8. The second-order valence-electron chi connectivity index (χ2n) is 3.82. The molecule has 1 aromatic heterocycles. The minimum atomic E-state index is -1.00. The molecule has 0 aliphatic rings. The highest BCUT2D eigenvalue weighted by Crippen LogP contribution is 2.27. The Labute approximate surface area is 109 Å². The molecule has 0 fully saturated rings. The Morgan fingerprint density at radius 3 is 2.89 bits per heavy atom. The lowest BCUT2D eigenvalue weighted by Gasteiger charge is -2.10. The Hall–Kier alpha value is -2.87. The molecular formula is C14H10N2O3. The monoisotopic (exact) mass is 254 g/mol. The molecule has 1 heterocycles. The molecule has 0 unspecified atom stereocenters. The molecule has 0 aliphatic carbocycles. The van der Waals surface area contributed by atoms with Crippen LogP contribution in [0.3, 0.4) is 0 Å². The van der Waals surface area contributed by atoms with Gasteiger partial charge in [0.15, 0.2) is 0 Å². The van der Waals surface area contributed by atoms with Gasteiger partial charge in [-0.15, -0.1) is 0 Å².